The summed E-state index contributed by atoms with van der Waals surface area (Å²) in [6, 6.07) is 13.1. The van der Waals surface area contributed by atoms with Gasteiger partial charge >= 0.3 is 5.97 Å². The summed E-state index contributed by atoms with van der Waals surface area (Å²) >= 11 is 5.95. The monoisotopic (exact) mass is 566 g/mol. The van der Waals surface area contributed by atoms with Gasteiger partial charge in [-0.3, -0.25) is 19.8 Å². The summed E-state index contributed by atoms with van der Waals surface area (Å²) in [6.45, 7) is 4.44. The molecule has 1 saturated heterocycles. The third kappa shape index (κ3) is 5.68. The highest BCUT2D eigenvalue weighted by atomic mass is 35.5. The highest BCUT2D eigenvalue weighted by Gasteiger charge is 2.45. The number of carbonyl (C=O) groups is 1. The van der Waals surface area contributed by atoms with Crippen LogP contribution in [0.4, 0.5) is 20.4 Å². The van der Waals surface area contributed by atoms with Gasteiger partial charge in [-0.15, -0.1) is 0 Å². The Morgan fingerprint density at radius 1 is 1.20 bits per heavy atom. The van der Waals surface area contributed by atoms with Crippen LogP contribution in [0.15, 0.2) is 54.7 Å². The Balaban J connectivity index is 1.46. The number of likely N-dealkylation sites (tertiary alicyclic amines) is 1. The maximum Gasteiger partial charge on any atom is 0.310 e. The Morgan fingerprint density at radius 3 is 2.70 bits per heavy atom. The third-order valence-corrected chi connectivity index (χ3v) is 7.77. The van der Waals surface area contributed by atoms with Crippen LogP contribution in [-0.4, -0.2) is 48.7 Å². The molecule has 0 saturated carbocycles. The minimum atomic E-state index is -1.26. The molecule has 3 aromatic heterocycles. The second-order valence-electron chi connectivity index (χ2n) is 10.3. The molecule has 0 amide bonds. The van der Waals surface area contributed by atoms with Gasteiger partial charge in [0.05, 0.1) is 21.8 Å². The normalized spacial score (nSPS) is 19.5. The zero-order valence-electron chi connectivity index (χ0n) is 22.1. The van der Waals surface area contributed by atoms with Gasteiger partial charge in [0.1, 0.15) is 11.6 Å². The maximum absolute atomic E-state index is 16.0. The number of pyridine rings is 2. The van der Waals surface area contributed by atoms with Crippen LogP contribution in [0.5, 0.6) is 0 Å². The first-order chi connectivity index (χ1) is 19.1. The number of carboxylic acids is 1. The topological polar surface area (TPSA) is 107 Å². The summed E-state index contributed by atoms with van der Waals surface area (Å²) in [4.78, 5) is 23.6. The number of halogens is 3. The van der Waals surface area contributed by atoms with Crippen molar-refractivity contribution in [1.82, 2.24) is 25.1 Å². The van der Waals surface area contributed by atoms with Crippen LogP contribution in [0, 0.1) is 24.0 Å². The molecule has 1 aromatic carbocycles. The van der Waals surface area contributed by atoms with Gasteiger partial charge in [0.2, 0.25) is 0 Å². The molecule has 8 nitrogen and oxygen atoms in total. The molecule has 5 rings (SSSR count). The summed E-state index contributed by atoms with van der Waals surface area (Å²) in [7, 11) is 0. The third-order valence-electron chi connectivity index (χ3n) is 7.48. The number of aliphatic carboxylic acids is 1. The lowest BCUT2D eigenvalue weighted by Gasteiger charge is -2.43. The smallest absolute Gasteiger partial charge is 0.310 e. The van der Waals surface area contributed by atoms with E-state index in [4.69, 9.17) is 11.6 Å². The largest absolute Gasteiger partial charge is 0.481 e. The Morgan fingerprint density at radius 2 is 2.02 bits per heavy atom. The number of nitrogens with one attached hydrogen (secondary N) is 2. The number of piperidine rings is 1. The van der Waals surface area contributed by atoms with Crippen LogP contribution in [-0.2, 0) is 17.8 Å². The predicted octanol–water partition coefficient (Wildman–Crippen LogP) is 6.15. The van der Waals surface area contributed by atoms with Crippen molar-refractivity contribution in [3.05, 3.63) is 88.3 Å². The van der Waals surface area contributed by atoms with Gasteiger partial charge in [-0.05, 0) is 57.5 Å². The van der Waals surface area contributed by atoms with Crippen LogP contribution in [0.2, 0.25) is 5.02 Å². The molecule has 3 N–H and O–H groups in total. The number of rotatable bonds is 8. The van der Waals surface area contributed by atoms with E-state index in [2.05, 4.69) is 25.5 Å². The van der Waals surface area contributed by atoms with Crippen molar-refractivity contribution in [3.63, 3.8) is 0 Å². The Bertz CT molecular complexity index is 1530. The molecule has 2 atom stereocenters. The van der Waals surface area contributed by atoms with E-state index in [0.717, 1.165) is 5.69 Å². The van der Waals surface area contributed by atoms with E-state index in [1.807, 2.05) is 18.7 Å². The lowest BCUT2D eigenvalue weighted by molar-refractivity contribution is -0.153. The fraction of sp³-hybridized carbons (Fsp3) is 0.310. The summed E-state index contributed by atoms with van der Waals surface area (Å²) < 4.78 is 30.6. The lowest BCUT2D eigenvalue weighted by Crippen LogP contribution is -2.50. The van der Waals surface area contributed by atoms with Crippen LogP contribution in [0.3, 0.4) is 0 Å². The fourth-order valence-electron chi connectivity index (χ4n) is 5.34. The van der Waals surface area contributed by atoms with E-state index in [0.29, 0.717) is 36.0 Å². The van der Waals surface area contributed by atoms with Gasteiger partial charge in [-0.2, -0.15) is 5.10 Å². The second-order valence-corrected chi connectivity index (χ2v) is 10.7. The average molecular weight is 567 g/mol. The number of hydrogen-bond donors (Lipinski definition) is 3. The first-order valence-corrected chi connectivity index (χ1v) is 13.3. The summed E-state index contributed by atoms with van der Waals surface area (Å²) in [5, 5.41) is 20.6. The van der Waals surface area contributed by atoms with Crippen molar-refractivity contribution >= 4 is 29.2 Å². The molecule has 0 unspecified atom stereocenters. The minimum Gasteiger partial charge on any atom is -0.481 e. The molecule has 0 radical (unpaired) electrons. The van der Waals surface area contributed by atoms with Gasteiger partial charge in [-0.1, -0.05) is 29.8 Å². The molecule has 40 heavy (non-hydrogen) atoms. The molecule has 4 heterocycles. The van der Waals surface area contributed by atoms with Crippen LogP contribution in [0.1, 0.15) is 36.7 Å². The van der Waals surface area contributed by atoms with Crippen molar-refractivity contribution in [2.75, 3.05) is 11.9 Å². The number of carboxylic acid groups (broad SMARTS) is 1. The van der Waals surface area contributed by atoms with E-state index < -0.39 is 23.0 Å². The van der Waals surface area contributed by atoms with E-state index in [1.54, 1.807) is 48.7 Å². The maximum atomic E-state index is 16.0. The lowest BCUT2D eigenvalue weighted by atomic mass is 9.72. The molecule has 1 aliphatic heterocycles. The van der Waals surface area contributed by atoms with Crippen molar-refractivity contribution in [3.8, 4) is 11.3 Å². The number of aromatic nitrogens is 4. The Hall–Kier alpha value is -3.89. The van der Waals surface area contributed by atoms with Crippen molar-refractivity contribution in [1.29, 1.82) is 0 Å². The van der Waals surface area contributed by atoms with Gasteiger partial charge < -0.3 is 10.4 Å². The van der Waals surface area contributed by atoms with Gasteiger partial charge in [0, 0.05) is 48.1 Å². The summed E-state index contributed by atoms with van der Waals surface area (Å²) in [5.41, 5.74) is 0.658. The fourth-order valence-corrected chi connectivity index (χ4v) is 5.53. The molecule has 4 aromatic rings. The van der Waals surface area contributed by atoms with E-state index in [1.165, 1.54) is 6.07 Å². The van der Waals surface area contributed by atoms with E-state index in [-0.39, 0.29) is 41.6 Å². The number of anilines is 2. The Kier molecular flexibility index (Phi) is 7.82. The van der Waals surface area contributed by atoms with Crippen molar-refractivity contribution in [2.24, 2.45) is 5.41 Å². The zero-order valence-corrected chi connectivity index (χ0v) is 22.8. The standard InChI is InChI=1S/C29H29ClF2N6O2/c1-17-12-25(37-36-17)35-24-13-20(22-8-3-4-10-33-22)27(32)23(34-24)15-29(28(39)40)9-11-38(18(2)14-29)16-19-6-5-7-21(30)26(19)31/h3-8,10,12-13,18H,9,11,14-16H2,1-2H3,(H,39,40)(H2,34,35,36,37)/t18-,29-/m1/s1. The molecule has 11 heteroatoms. The first kappa shape index (κ1) is 27.7. The van der Waals surface area contributed by atoms with Gasteiger partial charge in [0.15, 0.2) is 11.6 Å². The molecule has 208 valence electrons. The molecule has 1 aliphatic rings. The quantitative estimate of drug-likeness (QED) is 0.235. The second kappa shape index (κ2) is 11.3. The zero-order chi connectivity index (χ0) is 28.4. The van der Waals surface area contributed by atoms with Gasteiger partial charge in [-0.25, -0.2) is 13.8 Å². The van der Waals surface area contributed by atoms with E-state index in [9.17, 15) is 14.3 Å². The number of H-pyrrole nitrogens is 1. The number of hydrogen-bond acceptors (Lipinski definition) is 6. The van der Waals surface area contributed by atoms with Crippen LogP contribution >= 0.6 is 11.6 Å². The first-order valence-electron chi connectivity index (χ1n) is 13.0. The molecule has 0 bridgehead atoms. The number of nitrogens with zero attached hydrogens (tertiary/aromatic N) is 4. The number of benzene rings is 1. The highest BCUT2D eigenvalue weighted by Crippen LogP contribution is 2.40. The van der Waals surface area contributed by atoms with Crippen LogP contribution in [0.25, 0.3) is 11.3 Å². The average Bonchev–Trinajstić information content (AvgIpc) is 3.34. The van der Waals surface area contributed by atoms with Crippen molar-refractivity contribution in [2.45, 2.75) is 45.7 Å². The molecule has 0 aliphatic carbocycles. The molecule has 0 spiro atoms. The van der Waals surface area contributed by atoms with Gasteiger partial charge in [0.25, 0.3) is 0 Å². The number of aryl methyl sites for hydroxylation is 1. The number of aromatic amines is 1. The molecular weight excluding hydrogens is 538 g/mol. The Labute approximate surface area is 235 Å². The SMILES string of the molecule is Cc1cc(Nc2cc(-c3ccccn3)c(F)c(C[C@@]3(C(=O)O)CCN(Cc4cccc(Cl)c4F)[C@H](C)C3)n2)n[nH]1. The van der Waals surface area contributed by atoms with E-state index >= 15 is 4.39 Å². The molecular formula is C29H29ClF2N6O2. The highest BCUT2D eigenvalue weighted by molar-refractivity contribution is 6.30. The van der Waals surface area contributed by atoms with Crippen LogP contribution < -0.4 is 5.32 Å². The summed E-state index contributed by atoms with van der Waals surface area (Å²) in [5.74, 6) is -1.28. The summed E-state index contributed by atoms with van der Waals surface area (Å²) in [6.07, 6.45) is 1.93. The predicted molar refractivity (Wildman–Crippen MR) is 148 cm³/mol. The van der Waals surface area contributed by atoms with Crippen molar-refractivity contribution < 1.29 is 18.7 Å². The minimum absolute atomic E-state index is 0.0295. The molecule has 1 fully saturated rings.